The zero-order valence-electron chi connectivity index (χ0n) is 17.8. The lowest BCUT2D eigenvalue weighted by atomic mass is 10.0. The van der Waals surface area contributed by atoms with Crippen molar-refractivity contribution >= 4 is 5.97 Å². The second-order valence-electron chi connectivity index (χ2n) is 7.74. The standard InChI is InChI=1S/C26H28N2O3/c1-2-30-26(29)22-13-15-27-23(17-22)18-28-16-14-24(19-28)31-25(20-9-5-3-6-10-20)21-11-7-4-8-12-21/h3-13,15,17,24-25H,2,14,16,18-19H2,1H3. The van der Waals surface area contributed by atoms with Crippen LogP contribution in [0.25, 0.3) is 0 Å². The Balaban J connectivity index is 1.41. The lowest BCUT2D eigenvalue weighted by Crippen LogP contribution is -2.25. The van der Waals surface area contributed by atoms with Gasteiger partial charge in [0.15, 0.2) is 0 Å². The van der Waals surface area contributed by atoms with Crippen molar-refractivity contribution in [2.45, 2.75) is 32.1 Å². The van der Waals surface area contributed by atoms with E-state index in [9.17, 15) is 4.79 Å². The molecule has 5 heteroatoms. The normalized spacial score (nSPS) is 16.5. The fourth-order valence-electron chi connectivity index (χ4n) is 3.98. The highest BCUT2D eigenvalue weighted by Gasteiger charge is 2.27. The number of ether oxygens (including phenoxy) is 2. The summed E-state index contributed by atoms with van der Waals surface area (Å²) < 4.78 is 11.7. The van der Waals surface area contributed by atoms with E-state index in [0.29, 0.717) is 18.7 Å². The van der Waals surface area contributed by atoms with Gasteiger partial charge in [-0.25, -0.2) is 4.79 Å². The number of hydrogen-bond donors (Lipinski definition) is 0. The largest absolute Gasteiger partial charge is 0.462 e. The van der Waals surface area contributed by atoms with E-state index >= 15 is 0 Å². The van der Waals surface area contributed by atoms with Crippen LogP contribution in [0, 0.1) is 0 Å². The van der Waals surface area contributed by atoms with Crippen molar-refractivity contribution in [2.75, 3.05) is 19.7 Å². The maximum absolute atomic E-state index is 12.0. The zero-order valence-corrected chi connectivity index (χ0v) is 17.8. The Bertz CT molecular complexity index is 939. The number of benzene rings is 2. The molecule has 1 fully saturated rings. The van der Waals surface area contributed by atoms with Crippen LogP contribution >= 0.6 is 0 Å². The van der Waals surface area contributed by atoms with Gasteiger partial charge in [-0.2, -0.15) is 0 Å². The minimum atomic E-state index is -0.303. The third kappa shape index (κ3) is 5.57. The third-order valence-electron chi connectivity index (χ3n) is 5.48. The topological polar surface area (TPSA) is 51.7 Å². The highest BCUT2D eigenvalue weighted by molar-refractivity contribution is 5.89. The van der Waals surface area contributed by atoms with Crippen molar-refractivity contribution in [3.8, 4) is 0 Å². The first-order chi connectivity index (χ1) is 15.2. The summed E-state index contributed by atoms with van der Waals surface area (Å²) >= 11 is 0. The van der Waals surface area contributed by atoms with Gasteiger partial charge in [0.2, 0.25) is 0 Å². The van der Waals surface area contributed by atoms with E-state index in [2.05, 4.69) is 58.4 Å². The summed E-state index contributed by atoms with van der Waals surface area (Å²) in [6, 6.07) is 24.3. The Morgan fingerprint density at radius 2 is 1.74 bits per heavy atom. The van der Waals surface area contributed by atoms with E-state index in [0.717, 1.165) is 36.3 Å². The van der Waals surface area contributed by atoms with Gasteiger partial charge in [0.25, 0.3) is 0 Å². The molecule has 3 aromatic rings. The molecule has 0 amide bonds. The lowest BCUT2D eigenvalue weighted by Gasteiger charge is -2.23. The first kappa shape index (κ1) is 21.2. The fourth-order valence-corrected chi connectivity index (χ4v) is 3.98. The zero-order chi connectivity index (χ0) is 21.5. The minimum absolute atomic E-state index is 0.0855. The summed E-state index contributed by atoms with van der Waals surface area (Å²) in [6.07, 6.45) is 2.69. The number of aromatic nitrogens is 1. The number of nitrogens with zero attached hydrogens (tertiary/aromatic N) is 2. The van der Waals surface area contributed by atoms with Gasteiger partial charge in [-0.3, -0.25) is 9.88 Å². The third-order valence-corrected chi connectivity index (χ3v) is 5.48. The quantitative estimate of drug-likeness (QED) is 0.501. The molecule has 1 aliphatic rings. The maximum Gasteiger partial charge on any atom is 0.338 e. The number of pyridine rings is 1. The maximum atomic E-state index is 12.0. The molecule has 1 atom stereocenters. The molecule has 0 radical (unpaired) electrons. The van der Waals surface area contributed by atoms with Crippen LogP contribution in [0.5, 0.6) is 0 Å². The van der Waals surface area contributed by atoms with Crippen molar-refractivity contribution in [1.29, 1.82) is 0 Å². The van der Waals surface area contributed by atoms with Crippen molar-refractivity contribution in [3.63, 3.8) is 0 Å². The molecule has 1 aromatic heterocycles. The van der Waals surface area contributed by atoms with Gasteiger partial charge < -0.3 is 9.47 Å². The smallest absolute Gasteiger partial charge is 0.338 e. The molecule has 160 valence electrons. The number of esters is 1. The molecule has 1 saturated heterocycles. The highest BCUT2D eigenvalue weighted by atomic mass is 16.5. The van der Waals surface area contributed by atoms with Crippen molar-refractivity contribution in [3.05, 3.63) is 101 Å². The molecule has 5 nitrogen and oxygen atoms in total. The molecule has 0 bridgehead atoms. The molecule has 1 aliphatic heterocycles. The Kier molecular flexibility index (Phi) is 7.07. The SMILES string of the molecule is CCOC(=O)c1ccnc(CN2CCC(OC(c3ccccc3)c3ccccc3)C2)c1. The average molecular weight is 417 g/mol. The molecule has 2 heterocycles. The Morgan fingerprint density at radius 1 is 1.06 bits per heavy atom. The molecule has 0 spiro atoms. The summed E-state index contributed by atoms with van der Waals surface area (Å²) in [5.74, 6) is -0.303. The van der Waals surface area contributed by atoms with Crippen LogP contribution in [0.2, 0.25) is 0 Å². The van der Waals surface area contributed by atoms with Gasteiger partial charge in [0.1, 0.15) is 6.10 Å². The van der Waals surface area contributed by atoms with Gasteiger partial charge in [-0.15, -0.1) is 0 Å². The molecule has 2 aromatic carbocycles. The van der Waals surface area contributed by atoms with Gasteiger partial charge in [-0.05, 0) is 36.6 Å². The van der Waals surface area contributed by atoms with Crippen LogP contribution < -0.4 is 0 Å². The van der Waals surface area contributed by atoms with Crippen LogP contribution in [-0.2, 0) is 16.0 Å². The second-order valence-corrected chi connectivity index (χ2v) is 7.74. The number of likely N-dealkylation sites (tertiary alicyclic amines) is 1. The van der Waals surface area contributed by atoms with E-state index in [1.807, 2.05) is 25.1 Å². The van der Waals surface area contributed by atoms with Crippen LogP contribution in [0.4, 0.5) is 0 Å². The summed E-state index contributed by atoms with van der Waals surface area (Å²) in [4.78, 5) is 18.8. The molecule has 0 N–H and O–H groups in total. The van der Waals surface area contributed by atoms with Crippen molar-refractivity contribution in [1.82, 2.24) is 9.88 Å². The van der Waals surface area contributed by atoms with E-state index in [1.54, 1.807) is 12.3 Å². The predicted octanol–water partition coefficient (Wildman–Crippen LogP) is 4.64. The summed E-state index contributed by atoms with van der Waals surface area (Å²) in [5, 5.41) is 0. The van der Waals surface area contributed by atoms with Gasteiger partial charge in [0.05, 0.1) is 24.0 Å². The van der Waals surface area contributed by atoms with E-state index < -0.39 is 0 Å². The minimum Gasteiger partial charge on any atom is -0.462 e. The van der Waals surface area contributed by atoms with E-state index in [-0.39, 0.29) is 18.2 Å². The second kappa shape index (κ2) is 10.3. The van der Waals surface area contributed by atoms with E-state index in [4.69, 9.17) is 9.47 Å². The molecule has 4 rings (SSSR count). The summed E-state index contributed by atoms with van der Waals surface area (Å²) in [7, 11) is 0. The van der Waals surface area contributed by atoms with Gasteiger partial charge in [-0.1, -0.05) is 60.7 Å². The fraction of sp³-hybridized carbons (Fsp3) is 0.308. The Hall–Kier alpha value is -3.02. The molecule has 0 aliphatic carbocycles. The van der Waals surface area contributed by atoms with Crippen LogP contribution in [0.1, 0.15) is 46.6 Å². The van der Waals surface area contributed by atoms with Crippen LogP contribution in [0.3, 0.4) is 0 Å². The van der Waals surface area contributed by atoms with Crippen molar-refractivity contribution in [2.24, 2.45) is 0 Å². The Labute approximate surface area is 183 Å². The molecular formula is C26H28N2O3. The molecule has 1 unspecified atom stereocenters. The number of hydrogen-bond acceptors (Lipinski definition) is 5. The van der Waals surface area contributed by atoms with Gasteiger partial charge >= 0.3 is 5.97 Å². The van der Waals surface area contributed by atoms with Crippen molar-refractivity contribution < 1.29 is 14.3 Å². The van der Waals surface area contributed by atoms with E-state index in [1.165, 1.54) is 0 Å². The highest BCUT2D eigenvalue weighted by Crippen LogP contribution is 2.30. The summed E-state index contributed by atoms with van der Waals surface area (Å²) in [6.45, 7) is 4.64. The van der Waals surface area contributed by atoms with Crippen LogP contribution in [0.15, 0.2) is 79.0 Å². The number of carbonyl (C=O) groups is 1. The average Bonchev–Trinajstić information content (AvgIpc) is 3.26. The molecular weight excluding hydrogens is 388 g/mol. The lowest BCUT2D eigenvalue weighted by molar-refractivity contribution is 0.0138. The predicted molar refractivity (Wildman–Crippen MR) is 120 cm³/mol. The molecule has 0 saturated carbocycles. The first-order valence-corrected chi connectivity index (χ1v) is 10.8. The summed E-state index contributed by atoms with van der Waals surface area (Å²) in [5.41, 5.74) is 3.74. The first-order valence-electron chi connectivity index (χ1n) is 10.8. The Morgan fingerprint density at radius 3 is 2.39 bits per heavy atom. The number of rotatable bonds is 8. The monoisotopic (exact) mass is 416 g/mol. The number of carbonyl (C=O) groups excluding carboxylic acids is 1. The van der Waals surface area contributed by atoms with Crippen LogP contribution in [-0.4, -0.2) is 41.7 Å². The molecule has 31 heavy (non-hydrogen) atoms. The van der Waals surface area contributed by atoms with Gasteiger partial charge in [0, 0.05) is 25.8 Å².